The van der Waals surface area contributed by atoms with Crippen molar-refractivity contribution in [3.8, 4) is 0 Å². The average Bonchev–Trinajstić information content (AvgIpc) is 2.81. The minimum absolute atomic E-state index is 0.0237. The molecule has 178 valence electrons. The van der Waals surface area contributed by atoms with Crippen LogP contribution >= 0.6 is 0 Å². The van der Waals surface area contributed by atoms with Crippen LogP contribution in [0.25, 0.3) is 0 Å². The fraction of sp³-hybridized carbons (Fsp3) is 0.308. The molecule has 0 saturated carbocycles. The molecule has 1 unspecified atom stereocenters. The first-order chi connectivity index (χ1) is 16.2. The van der Waals surface area contributed by atoms with Crippen LogP contribution < -0.4 is 5.32 Å². The van der Waals surface area contributed by atoms with Gasteiger partial charge in [-0.3, -0.25) is 10.1 Å². The van der Waals surface area contributed by atoms with E-state index >= 15 is 0 Å². The second-order valence-electron chi connectivity index (χ2n) is 8.51. The lowest BCUT2D eigenvalue weighted by Crippen LogP contribution is -2.33. The van der Waals surface area contributed by atoms with Crippen molar-refractivity contribution in [2.45, 2.75) is 40.2 Å². The van der Waals surface area contributed by atoms with E-state index in [1.54, 1.807) is 32.0 Å². The lowest BCUT2D eigenvalue weighted by Gasteiger charge is -2.30. The summed E-state index contributed by atoms with van der Waals surface area (Å²) in [6.45, 7) is 7.38. The Hall–Kier alpha value is -3.94. The number of hydrogen-bond donors (Lipinski definition) is 1. The predicted molar refractivity (Wildman–Crippen MR) is 126 cm³/mol. The molecule has 1 atom stereocenters. The molecule has 0 aliphatic carbocycles. The number of nitrogens with one attached hydrogen (secondary N) is 1. The van der Waals surface area contributed by atoms with Gasteiger partial charge in [0.15, 0.2) is 0 Å². The molecule has 2 aromatic rings. The van der Waals surface area contributed by atoms with E-state index in [4.69, 9.17) is 9.47 Å². The summed E-state index contributed by atoms with van der Waals surface area (Å²) in [5, 5.41) is 14.9. The smallest absolute Gasteiger partial charge is 0.337 e. The van der Waals surface area contributed by atoms with Crippen molar-refractivity contribution in [2.24, 2.45) is 5.92 Å². The Morgan fingerprint density at radius 2 is 1.50 bits per heavy atom. The van der Waals surface area contributed by atoms with Gasteiger partial charge in [-0.25, -0.2) is 9.59 Å². The number of nitro groups is 1. The third-order valence-corrected chi connectivity index (χ3v) is 5.41. The van der Waals surface area contributed by atoms with Gasteiger partial charge >= 0.3 is 11.9 Å². The molecular weight excluding hydrogens is 436 g/mol. The van der Waals surface area contributed by atoms with Gasteiger partial charge in [0, 0.05) is 23.0 Å². The normalized spacial score (nSPS) is 15.7. The van der Waals surface area contributed by atoms with Gasteiger partial charge in [-0.2, -0.15) is 0 Å². The van der Waals surface area contributed by atoms with E-state index in [0.717, 1.165) is 5.56 Å². The van der Waals surface area contributed by atoms with E-state index < -0.39 is 22.8 Å². The van der Waals surface area contributed by atoms with Crippen LogP contribution in [0.15, 0.2) is 77.1 Å². The minimum Gasteiger partial charge on any atom is -0.462 e. The minimum atomic E-state index is -1.02. The standard InChI is InChI=1S/C26H28N2O6/c1-16(2)14-33-25(29)22-17(3)27-18(4)23(26(30)34-15-19-10-6-5-7-11-19)24(22)20-12-8-9-13-21(20)28(31)32/h5-13,16,24,27H,14-15H2,1-4H3. The molecule has 0 saturated heterocycles. The van der Waals surface area contributed by atoms with Crippen molar-refractivity contribution in [3.05, 3.63) is 98.4 Å². The zero-order chi connectivity index (χ0) is 24.8. The first-order valence-corrected chi connectivity index (χ1v) is 11.0. The highest BCUT2D eigenvalue weighted by Crippen LogP contribution is 2.42. The van der Waals surface area contributed by atoms with Crippen LogP contribution in [-0.4, -0.2) is 23.5 Å². The van der Waals surface area contributed by atoms with E-state index in [0.29, 0.717) is 11.4 Å². The zero-order valence-corrected chi connectivity index (χ0v) is 19.7. The van der Waals surface area contributed by atoms with Gasteiger partial charge in [-0.1, -0.05) is 62.4 Å². The third-order valence-electron chi connectivity index (χ3n) is 5.41. The third kappa shape index (κ3) is 5.51. The Kier molecular flexibility index (Phi) is 7.83. The number of nitrogens with zero attached hydrogens (tertiary/aromatic N) is 1. The molecule has 1 heterocycles. The lowest BCUT2D eigenvalue weighted by molar-refractivity contribution is -0.385. The van der Waals surface area contributed by atoms with Crippen LogP contribution in [0.3, 0.4) is 0 Å². The molecule has 0 aromatic heterocycles. The Bertz CT molecular complexity index is 1150. The Labute approximate surface area is 198 Å². The van der Waals surface area contributed by atoms with Gasteiger partial charge in [-0.05, 0) is 25.3 Å². The summed E-state index contributed by atoms with van der Waals surface area (Å²) in [7, 11) is 0. The number of allylic oxidation sites excluding steroid dienone is 2. The van der Waals surface area contributed by atoms with E-state index in [-0.39, 0.29) is 41.5 Å². The first kappa shape index (κ1) is 24.7. The Morgan fingerprint density at radius 1 is 0.941 bits per heavy atom. The molecule has 34 heavy (non-hydrogen) atoms. The molecule has 3 rings (SSSR count). The van der Waals surface area contributed by atoms with Crippen LogP contribution in [0.1, 0.15) is 44.7 Å². The van der Waals surface area contributed by atoms with Crippen LogP contribution in [-0.2, 0) is 25.7 Å². The van der Waals surface area contributed by atoms with Gasteiger partial charge < -0.3 is 14.8 Å². The maximum atomic E-state index is 13.3. The second kappa shape index (κ2) is 10.8. The Balaban J connectivity index is 2.07. The summed E-state index contributed by atoms with van der Waals surface area (Å²) in [6, 6.07) is 15.3. The largest absolute Gasteiger partial charge is 0.462 e. The maximum Gasteiger partial charge on any atom is 0.337 e. The van der Waals surface area contributed by atoms with Crippen LogP contribution in [0.2, 0.25) is 0 Å². The summed E-state index contributed by atoms with van der Waals surface area (Å²) in [5.41, 5.74) is 2.02. The second-order valence-corrected chi connectivity index (χ2v) is 8.51. The van der Waals surface area contributed by atoms with E-state index in [2.05, 4.69) is 5.32 Å². The molecule has 0 bridgehead atoms. The number of nitro benzene ring substituents is 1. The number of hydrogen-bond acceptors (Lipinski definition) is 7. The van der Waals surface area contributed by atoms with Gasteiger partial charge in [0.25, 0.3) is 5.69 Å². The number of dihydropyridines is 1. The highest BCUT2D eigenvalue weighted by molar-refractivity contribution is 6.00. The first-order valence-electron chi connectivity index (χ1n) is 11.0. The fourth-order valence-electron chi connectivity index (χ4n) is 3.87. The molecule has 0 radical (unpaired) electrons. The summed E-state index contributed by atoms with van der Waals surface area (Å²) in [5.74, 6) is -2.23. The van der Waals surface area contributed by atoms with Crippen molar-refractivity contribution < 1.29 is 24.0 Å². The molecule has 0 spiro atoms. The number of esters is 2. The molecule has 8 heteroatoms. The van der Waals surface area contributed by atoms with Gasteiger partial charge in [0.2, 0.25) is 0 Å². The van der Waals surface area contributed by atoms with Gasteiger partial charge in [0.05, 0.1) is 28.6 Å². The average molecular weight is 465 g/mol. The highest BCUT2D eigenvalue weighted by atomic mass is 16.6. The van der Waals surface area contributed by atoms with Crippen LogP contribution in [0.4, 0.5) is 5.69 Å². The monoisotopic (exact) mass is 464 g/mol. The topological polar surface area (TPSA) is 108 Å². The van der Waals surface area contributed by atoms with E-state index in [9.17, 15) is 19.7 Å². The summed E-state index contributed by atoms with van der Waals surface area (Å²) in [6.07, 6.45) is 0. The van der Waals surface area contributed by atoms with Crippen molar-refractivity contribution >= 4 is 17.6 Å². The molecule has 1 aliphatic heterocycles. The molecule has 1 aliphatic rings. The number of ether oxygens (including phenoxy) is 2. The SMILES string of the molecule is CC1=C(C(=O)OCc2ccccc2)C(c2ccccc2[N+](=O)[O-])C(C(=O)OCC(C)C)=C(C)N1. The quantitative estimate of drug-likeness (QED) is 0.340. The fourth-order valence-corrected chi connectivity index (χ4v) is 3.87. The Morgan fingerprint density at radius 3 is 2.09 bits per heavy atom. The van der Waals surface area contributed by atoms with Crippen molar-refractivity contribution in [2.75, 3.05) is 6.61 Å². The van der Waals surface area contributed by atoms with Gasteiger partial charge in [0.1, 0.15) is 6.61 Å². The number of rotatable bonds is 8. The summed E-state index contributed by atoms with van der Waals surface area (Å²) in [4.78, 5) is 37.8. The van der Waals surface area contributed by atoms with E-state index in [1.165, 1.54) is 6.07 Å². The maximum absolute atomic E-state index is 13.3. The number of carbonyl (C=O) groups excluding carboxylic acids is 2. The highest BCUT2D eigenvalue weighted by Gasteiger charge is 2.41. The molecule has 8 nitrogen and oxygen atoms in total. The molecule has 2 aromatic carbocycles. The van der Waals surface area contributed by atoms with Crippen molar-refractivity contribution in [1.29, 1.82) is 0 Å². The van der Waals surface area contributed by atoms with E-state index in [1.807, 2.05) is 44.2 Å². The van der Waals surface area contributed by atoms with Gasteiger partial charge in [-0.15, -0.1) is 0 Å². The number of benzene rings is 2. The summed E-state index contributed by atoms with van der Waals surface area (Å²) < 4.78 is 11.0. The van der Waals surface area contributed by atoms with Crippen molar-refractivity contribution in [3.63, 3.8) is 0 Å². The molecule has 0 amide bonds. The van der Waals surface area contributed by atoms with Crippen molar-refractivity contribution in [1.82, 2.24) is 5.32 Å². The van der Waals surface area contributed by atoms with Crippen LogP contribution in [0, 0.1) is 16.0 Å². The molecule has 1 N–H and O–H groups in total. The summed E-state index contributed by atoms with van der Waals surface area (Å²) >= 11 is 0. The number of carbonyl (C=O) groups is 2. The number of para-hydroxylation sites is 1. The zero-order valence-electron chi connectivity index (χ0n) is 19.7. The molecular formula is C26H28N2O6. The molecule has 0 fully saturated rings. The lowest BCUT2D eigenvalue weighted by atomic mass is 9.79. The predicted octanol–water partition coefficient (Wildman–Crippen LogP) is 4.77. The van der Waals surface area contributed by atoms with Crippen LogP contribution in [0.5, 0.6) is 0 Å².